The first kappa shape index (κ1) is 13.4. The SMILES string of the molecule is COc1nc(-c2ccccc2)cc(-c2ccccc2)c1C. The minimum absolute atomic E-state index is 0.676. The van der Waals surface area contributed by atoms with E-state index in [0.29, 0.717) is 5.88 Å². The molecule has 0 spiro atoms. The average molecular weight is 275 g/mol. The molecule has 0 bridgehead atoms. The van der Waals surface area contributed by atoms with Crippen LogP contribution in [0.1, 0.15) is 5.56 Å². The number of methoxy groups -OCH3 is 1. The van der Waals surface area contributed by atoms with Gasteiger partial charge in [0.25, 0.3) is 0 Å². The highest BCUT2D eigenvalue weighted by Crippen LogP contribution is 2.32. The zero-order chi connectivity index (χ0) is 14.7. The summed E-state index contributed by atoms with van der Waals surface area (Å²) in [7, 11) is 1.67. The average Bonchev–Trinajstić information content (AvgIpc) is 2.56. The normalized spacial score (nSPS) is 10.4. The monoisotopic (exact) mass is 275 g/mol. The minimum Gasteiger partial charge on any atom is -0.481 e. The van der Waals surface area contributed by atoms with Crippen LogP contribution in [0.3, 0.4) is 0 Å². The highest BCUT2D eigenvalue weighted by molar-refractivity contribution is 5.74. The van der Waals surface area contributed by atoms with Gasteiger partial charge in [-0.2, -0.15) is 0 Å². The molecule has 2 nitrogen and oxygen atoms in total. The Balaban J connectivity index is 2.21. The summed E-state index contributed by atoms with van der Waals surface area (Å²) in [6.45, 7) is 2.04. The third-order valence-electron chi connectivity index (χ3n) is 3.58. The van der Waals surface area contributed by atoms with Crippen LogP contribution in [-0.2, 0) is 0 Å². The molecule has 0 aliphatic heterocycles. The van der Waals surface area contributed by atoms with Crippen LogP contribution >= 0.6 is 0 Å². The molecule has 0 atom stereocenters. The minimum atomic E-state index is 0.676. The van der Waals surface area contributed by atoms with E-state index < -0.39 is 0 Å². The fraction of sp³-hybridized carbons (Fsp3) is 0.105. The Kier molecular flexibility index (Phi) is 3.69. The maximum atomic E-state index is 5.46. The molecule has 3 rings (SSSR count). The number of hydrogen-bond donors (Lipinski definition) is 0. The van der Waals surface area contributed by atoms with Gasteiger partial charge < -0.3 is 4.74 Å². The van der Waals surface area contributed by atoms with E-state index in [1.165, 1.54) is 5.56 Å². The predicted molar refractivity (Wildman–Crippen MR) is 86.4 cm³/mol. The van der Waals surface area contributed by atoms with Gasteiger partial charge in [-0.15, -0.1) is 0 Å². The Hall–Kier alpha value is -2.61. The van der Waals surface area contributed by atoms with Crippen molar-refractivity contribution in [2.75, 3.05) is 7.11 Å². The summed E-state index contributed by atoms with van der Waals surface area (Å²) < 4.78 is 5.46. The largest absolute Gasteiger partial charge is 0.481 e. The van der Waals surface area contributed by atoms with Gasteiger partial charge >= 0.3 is 0 Å². The number of pyridine rings is 1. The van der Waals surface area contributed by atoms with Crippen LogP contribution in [0, 0.1) is 6.92 Å². The summed E-state index contributed by atoms with van der Waals surface area (Å²) in [5.74, 6) is 0.676. The second-order valence-electron chi connectivity index (χ2n) is 4.92. The molecule has 2 aromatic carbocycles. The summed E-state index contributed by atoms with van der Waals surface area (Å²) >= 11 is 0. The highest BCUT2D eigenvalue weighted by Gasteiger charge is 2.12. The summed E-state index contributed by atoms with van der Waals surface area (Å²) in [4.78, 5) is 4.62. The van der Waals surface area contributed by atoms with Crippen molar-refractivity contribution in [3.63, 3.8) is 0 Å². The van der Waals surface area contributed by atoms with E-state index in [9.17, 15) is 0 Å². The number of hydrogen-bond acceptors (Lipinski definition) is 2. The quantitative estimate of drug-likeness (QED) is 0.689. The number of aromatic nitrogens is 1. The van der Waals surface area contributed by atoms with E-state index in [1.807, 2.05) is 43.3 Å². The van der Waals surface area contributed by atoms with Crippen molar-refractivity contribution in [3.8, 4) is 28.3 Å². The standard InChI is InChI=1S/C19H17NO/c1-14-17(15-9-5-3-6-10-15)13-18(20-19(14)21-2)16-11-7-4-8-12-16/h3-13H,1-2H3. The van der Waals surface area contributed by atoms with Gasteiger partial charge in [-0.25, -0.2) is 4.98 Å². The van der Waals surface area contributed by atoms with Gasteiger partial charge in [0.15, 0.2) is 0 Å². The molecule has 0 aliphatic rings. The lowest BCUT2D eigenvalue weighted by molar-refractivity contribution is 0.395. The van der Waals surface area contributed by atoms with Crippen molar-refractivity contribution in [3.05, 3.63) is 72.3 Å². The molecule has 21 heavy (non-hydrogen) atoms. The van der Waals surface area contributed by atoms with Crippen LogP contribution in [0.15, 0.2) is 66.7 Å². The zero-order valence-corrected chi connectivity index (χ0v) is 12.2. The maximum Gasteiger partial charge on any atom is 0.217 e. The van der Waals surface area contributed by atoms with Crippen molar-refractivity contribution >= 4 is 0 Å². The van der Waals surface area contributed by atoms with Crippen LogP contribution in [-0.4, -0.2) is 12.1 Å². The lowest BCUT2D eigenvalue weighted by atomic mass is 9.99. The topological polar surface area (TPSA) is 22.1 Å². The molecule has 0 aliphatic carbocycles. The molecule has 1 heterocycles. The van der Waals surface area contributed by atoms with E-state index in [0.717, 1.165) is 22.4 Å². The van der Waals surface area contributed by atoms with Crippen LogP contribution < -0.4 is 4.74 Å². The van der Waals surface area contributed by atoms with Crippen molar-refractivity contribution in [2.24, 2.45) is 0 Å². The zero-order valence-electron chi connectivity index (χ0n) is 12.2. The summed E-state index contributed by atoms with van der Waals surface area (Å²) in [6.07, 6.45) is 0. The third-order valence-corrected chi connectivity index (χ3v) is 3.58. The van der Waals surface area contributed by atoms with Crippen molar-refractivity contribution in [1.29, 1.82) is 0 Å². The van der Waals surface area contributed by atoms with Gasteiger partial charge in [-0.05, 0) is 24.1 Å². The maximum absolute atomic E-state index is 5.46. The first-order chi connectivity index (χ1) is 10.3. The van der Waals surface area contributed by atoms with E-state index in [-0.39, 0.29) is 0 Å². The van der Waals surface area contributed by atoms with Crippen molar-refractivity contribution < 1.29 is 4.74 Å². The molecular formula is C19H17NO. The van der Waals surface area contributed by atoms with Crippen molar-refractivity contribution in [1.82, 2.24) is 4.98 Å². The summed E-state index contributed by atoms with van der Waals surface area (Å²) in [5, 5.41) is 0. The fourth-order valence-electron chi connectivity index (χ4n) is 2.46. The van der Waals surface area contributed by atoms with Gasteiger partial charge in [0, 0.05) is 11.1 Å². The first-order valence-electron chi connectivity index (χ1n) is 6.96. The van der Waals surface area contributed by atoms with E-state index in [1.54, 1.807) is 7.11 Å². The van der Waals surface area contributed by atoms with Gasteiger partial charge in [0.1, 0.15) is 0 Å². The lowest BCUT2D eigenvalue weighted by Gasteiger charge is -2.13. The Morgan fingerprint density at radius 2 is 1.38 bits per heavy atom. The summed E-state index contributed by atoms with van der Waals surface area (Å²) in [5.41, 5.74) is 5.41. The Morgan fingerprint density at radius 3 is 1.95 bits per heavy atom. The smallest absolute Gasteiger partial charge is 0.217 e. The predicted octanol–water partition coefficient (Wildman–Crippen LogP) is 4.73. The molecule has 0 radical (unpaired) electrons. The molecule has 1 aromatic heterocycles. The number of benzene rings is 2. The molecule has 0 fully saturated rings. The number of ether oxygens (including phenoxy) is 1. The highest BCUT2D eigenvalue weighted by atomic mass is 16.5. The van der Waals surface area contributed by atoms with Crippen LogP contribution in [0.25, 0.3) is 22.4 Å². The Morgan fingerprint density at radius 1 is 0.810 bits per heavy atom. The van der Waals surface area contributed by atoms with Gasteiger partial charge in [0.2, 0.25) is 5.88 Å². The second kappa shape index (κ2) is 5.80. The Bertz CT molecular complexity index is 736. The molecule has 0 N–H and O–H groups in total. The number of nitrogens with zero attached hydrogens (tertiary/aromatic N) is 1. The van der Waals surface area contributed by atoms with E-state index in [2.05, 4.69) is 35.3 Å². The van der Waals surface area contributed by atoms with Crippen LogP contribution in [0.4, 0.5) is 0 Å². The molecule has 2 heteroatoms. The Labute approximate surface area is 125 Å². The fourth-order valence-corrected chi connectivity index (χ4v) is 2.46. The van der Waals surface area contributed by atoms with Gasteiger partial charge in [-0.3, -0.25) is 0 Å². The van der Waals surface area contributed by atoms with E-state index >= 15 is 0 Å². The van der Waals surface area contributed by atoms with Gasteiger partial charge in [0.05, 0.1) is 12.8 Å². The number of rotatable bonds is 3. The molecule has 0 unspecified atom stereocenters. The molecule has 0 saturated heterocycles. The molecule has 3 aromatic rings. The first-order valence-corrected chi connectivity index (χ1v) is 6.96. The molecule has 0 amide bonds. The molecule has 0 saturated carbocycles. The molecular weight excluding hydrogens is 258 g/mol. The van der Waals surface area contributed by atoms with Crippen molar-refractivity contribution in [2.45, 2.75) is 6.92 Å². The van der Waals surface area contributed by atoms with Crippen LogP contribution in [0.5, 0.6) is 5.88 Å². The van der Waals surface area contributed by atoms with E-state index in [4.69, 9.17) is 4.74 Å². The second-order valence-corrected chi connectivity index (χ2v) is 4.92. The van der Waals surface area contributed by atoms with Crippen LogP contribution in [0.2, 0.25) is 0 Å². The third kappa shape index (κ3) is 2.65. The molecule has 104 valence electrons. The van der Waals surface area contributed by atoms with Gasteiger partial charge in [-0.1, -0.05) is 60.7 Å². The summed E-state index contributed by atoms with van der Waals surface area (Å²) in [6, 6.07) is 22.6. The lowest BCUT2D eigenvalue weighted by Crippen LogP contribution is -1.96.